The third kappa shape index (κ3) is 6.62. The normalized spacial score (nSPS) is 13.7. The molecule has 0 bridgehead atoms. The van der Waals surface area contributed by atoms with Crippen molar-refractivity contribution >= 4 is 17.7 Å². The number of aromatic nitrogens is 1. The fourth-order valence-electron chi connectivity index (χ4n) is 3.99. The number of ether oxygens (including phenoxy) is 3. The van der Waals surface area contributed by atoms with Crippen molar-refractivity contribution in [1.29, 1.82) is 0 Å². The van der Waals surface area contributed by atoms with E-state index in [0.717, 1.165) is 11.1 Å². The molecular weight excluding hydrogens is 441 g/mol. The molecule has 0 unspecified atom stereocenters. The van der Waals surface area contributed by atoms with Crippen molar-refractivity contribution in [2.45, 2.75) is 60.0 Å². The fourth-order valence-corrected chi connectivity index (χ4v) is 3.99. The maximum Gasteiger partial charge on any atom is 0.309 e. The van der Waals surface area contributed by atoms with E-state index >= 15 is 0 Å². The molecule has 0 aliphatic carbocycles. The summed E-state index contributed by atoms with van der Waals surface area (Å²) < 4.78 is 29.9. The van der Waals surface area contributed by atoms with Gasteiger partial charge in [0.05, 0.1) is 13.0 Å². The molecule has 3 atom stereocenters. The number of nitrogens with zero attached hydrogens (tertiary/aromatic N) is 1. The van der Waals surface area contributed by atoms with Crippen LogP contribution in [-0.4, -0.2) is 35.9 Å². The second kappa shape index (κ2) is 11.7. The molecule has 184 valence electrons. The third-order valence-corrected chi connectivity index (χ3v) is 5.62. The highest BCUT2D eigenvalue weighted by Gasteiger charge is 2.31. The van der Waals surface area contributed by atoms with E-state index in [1.807, 2.05) is 20.8 Å². The number of pyridine rings is 1. The lowest BCUT2D eigenvalue weighted by molar-refractivity contribution is -0.154. The van der Waals surface area contributed by atoms with E-state index < -0.39 is 29.7 Å². The van der Waals surface area contributed by atoms with Crippen LogP contribution >= 0.6 is 0 Å². The van der Waals surface area contributed by atoms with Gasteiger partial charge in [0.2, 0.25) is 5.75 Å². The average molecular weight is 474 g/mol. The molecule has 0 aliphatic heterocycles. The zero-order valence-corrected chi connectivity index (χ0v) is 20.7. The van der Waals surface area contributed by atoms with Crippen LogP contribution in [0.1, 0.15) is 68.6 Å². The number of carbonyl (C=O) groups is 3. The number of hydrogen-bond donors (Lipinski definition) is 0. The number of esters is 2. The zero-order chi connectivity index (χ0) is 25.6. The van der Waals surface area contributed by atoms with Crippen molar-refractivity contribution in [2.24, 2.45) is 11.8 Å². The van der Waals surface area contributed by atoms with Gasteiger partial charge in [-0.15, -0.1) is 0 Å². The van der Waals surface area contributed by atoms with Crippen LogP contribution in [0.5, 0.6) is 11.5 Å². The van der Waals surface area contributed by atoms with Crippen LogP contribution in [0.4, 0.5) is 4.39 Å². The van der Waals surface area contributed by atoms with Gasteiger partial charge in [-0.05, 0) is 43.0 Å². The minimum atomic E-state index is -0.783. The van der Waals surface area contributed by atoms with Gasteiger partial charge in [-0.2, -0.15) is 0 Å². The van der Waals surface area contributed by atoms with Gasteiger partial charge in [0.15, 0.2) is 17.2 Å². The summed E-state index contributed by atoms with van der Waals surface area (Å²) in [5.41, 5.74) is 1.59. The first-order valence-electron chi connectivity index (χ1n) is 11.2. The summed E-state index contributed by atoms with van der Waals surface area (Å²) in [4.78, 5) is 41.2. The quantitative estimate of drug-likeness (QED) is 0.352. The van der Waals surface area contributed by atoms with Gasteiger partial charge in [-0.25, -0.2) is 9.37 Å². The summed E-state index contributed by atoms with van der Waals surface area (Å²) in [5.74, 6) is -2.86. The van der Waals surface area contributed by atoms with Gasteiger partial charge >= 0.3 is 11.9 Å². The smallest absolute Gasteiger partial charge is 0.309 e. The molecule has 0 aliphatic rings. The lowest BCUT2D eigenvalue weighted by Crippen LogP contribution is -2.30. The van der Waals surface area contributed by atoms with Gasteiger partial charge in [0.1, 0.15) is 11.9 Å². The van der Waals surface area contributed by atoms with Gasteiger partial charge in [-0.1, -0.05) is 26.8 Å². The highest BCUT2D eigenvalue weighted by molar-refractivity contribution is 5.99. The third-order valence-electron chi connectivity index (χ3n) is 5.62. The number of carbonyl (C=O) groups excluding carboxylic acids is 3. The van der Waals surface area contributed by atoms with Crippen LogP contribution in [0.3, 0.4) is 0 Å². The highest BCUT2D eigenvalue weighted by atomic mass is 19.1. The lowest BCUT2D eigenvalue weighted by atomic mass is 9.82. The summed E-state index contributed by atoms with van der Waals surface area (Å²) in [7, 11) is 1.38. The van der Waals surface area contributed by atoms with Gasteiger partial charge in [0, 0.05) is 31.5 Å². The molecule has 0 spiro atoms. The van der Waals surface area contributed by atoms with Gasteiger partial charge in [0.25, 0.3) is 0 Å². The molecule has 0 saturated carbocycles. The van der Waals surface area contributed by atoms with Crippen LogP contribution in [-0.2, 0) is 14.3 Å². The predicted molar refractivity (Wildman–Crippen MR) is 124 cm³/mol. The Kier molecular flexibility index (Phi) is 9.29. The van der Waals surface area contributed by atoms with Crippen molar-refractivity contribution in [3.63, 3.8) is 0 Å². The number of aryl methyl sites for hydroxylation is 1. The molecule has 8 heteroatoms. The second-order valence-corrected chi connectivity index (χ2v) is 8.73. The monoisotopic (exact) mass is 473 g/mol. The standard InChI is InChI=1S/C26H32FNO6/c1-14(2)23(20-13-19(27)9-8-15(20)3)17(5)33-26(31)16(4)12-21(30)24-25(34-18(6)29)22(32-7)10-11-28-24/h8-11,13-14,16-17,23H,12H2,1-7H3/t16-,17+,23-/m1/s1. The van der Waals surface area contributed by atoms with Crippen molar-refractivity contribution < 1.29 is 33.0 Å². The molecule has 7 nitrogen and oxygen atoms in total. The molecule has 1 aromatic heterocycles. The van der Waals surface area contributed by atoms with E-state index in [4.69, 9.17) is 14.2 Å². The number of ketones is 1. The first-order chi connectivity index (χ1) is 16.0. The maximum atomic E-state index is 13.9. The number of rotatable bonds is 10. The molecule has 1 aromatic carbocycles. The van der Waals surface area contributed by atoms with E-state index in [1.54, 1.807) is 19.9 Å². The first-order valence-corrected chi connectivity index (χ1v) is 11.2. The molecule has 0 radical (unpaired) electrons. The molecule has 0 saturated heterocycles. The SMILES string of the molecule is COc1ccnc(C(=O)C[C@@H](C)C(=O)O[C@@H](C)[C@H](c2cc(F)ccc2C)C(C)C)c1OC(C)=O. The Hall–Kier alpha value is -3.29. The first kappa shape index (κ1) is 27.0. The Bertz CT molecular complexity index is 1050. The second-order valence-electron chi connectivity index (χ2n) is 8.73. The van der Waals surface area contributed by atoms with E-state index in [1.165, 1.54) is 38.4 Å². The van der Waals surface area contributed by atoms with E-state index in [2.05, 4.69) is 4.98 Å². The van der Waals surface area contributed by atoms with Crippen LogP contribution in [0.15, 0.2) is 30.5 Å². The Morgan fingerprint density at radius 1 is 1.09 bits per heavy atom. The predicted octanol–water partition coefficient (Wildman–Crippen LogP) is 5.04. The minimum absolute atomic E-state index is 0.0764. The van der Waals surface area contributed by atoms with E-state index in [-0.39, 0.29) is 41.3 Å². The van der Waals surface area contributed by atoms with E-state index in [9.17, 15) is 18.8 Å². The van der Waals surface area contributed by atoms with Crippen LogP contribution in [0.25, 0.3) is 0 Å². The molecule has 1 heterocycles. The van der Waals surface area contributed by atoms with Crippen LogP contribution in [0.2, 0.25) is 0 Å². The number of benzene rings is 1. The fraction of sp³-hybridized carbons (Fsp3) is 0.462. The molecule has 34 heavy (non-hydrogen) atoms. The highest BCUT2D eigenvalue weighted by Crippen LogP contribution is 2.34. The van der Waals surface area contributed by atoms with Crippen LogP contribution in [0, 0.1) is 24.6 Å². The summed E-state index contributed by atoms with van der Waals surface area (Å²) in [5, 5.41) is 0. The Morgan fingerprint density at radius 3 is 2.35 bits per heavy atom. The molecule has 0 fully saturated rings. The topological polar surface area (TPSA) is 91.8 Å². The van der Waals surface area contributed by atoms with Crippen molar-refractivity contribution in [2.75, 3.05) is 7.11 Å². The maximum absolute atomic E-state index is 13.9. The van der Waals surface area contributed by atoms with Gasteiger partial charge in [-0.3, -0.25) is 14.4 Å². The zero-order valence-electron chi connectivity index (χ0n) is 20.7. The number of Topliss-reactive ketones (excluding diaryl/α,β-unsaturated/α-hetero) is 1. The Balaban J connectivity index is 2.17. The van der Waals surface area contributed by atoms with Crippen LogP contribution < -0.4 is 9.47 Å². The molecule has 2 aromatic rings. The number of hydrogen-bond acceptors (Lipinski definition) is 7. The molecule has 0 amide bonds. The summed E-state index contributed by atoms with van der Waals surface area (Å²) >= 11 is 0. The van der Waals surface area contributed by atoms with Gasteiger partial charge < -0.3 is 14.2 Å². The lowest BCUT2D eigenvalue weighted by Gasteiger charge is -2.30. The van der Waals surface area contributed by atoms with Crippen molar-refractivity contribution in [3.05, 3.63) is 53.1 Å². The minimum Gasteiger partial charge on any atom is -0.493 e. The Morgan fingerprint density at radius 2 is 1.76 bits per heavy atom. The summed E-state index contributed by atoms with van der Waals surface area (Å²) in [6.45, 7) is 10.4. The molecule has 0 N–H and O–H groups in total. The number of halogens is 1. The Labute approximate surface area is 199 Å². The van der Waals surface area contributed by atoms with Crippen molar-refractivity contribution in [1.82, 2.24) is 4.98 Å². The molecular formula is C26H32FNO6. The van der Waals surface area contributed by atoms with Crippen molar-refractivity contribution in [3.8, 4) is 11.5 Å². The largest absolute Gasteiger partial charge is 0.493 e. The summed E-state index contributed by atoms with van der Waals surface area (Å²) in [6, 6.07) is 6.05. The molecule has 2 rings (SSSR count). The average Bonchev–Trinajstić information content (AvgIpc) is 2.75. The van der Waals surface area contributed by atoms with E-state index in [0.29, 0.717) is 0 Å². The summed E-state index contributed by atoms with van der Waals surface area (Å²) in [6.07, 6.45) is 0.612. The number of methoxy groups -OCH3 is 1.